The molecule has 0 amide bonds. The molecule has 6 unspecified atom stereocenters. The lowest BCUT2D eigenvalue weighted by atomic mass is 9.98. The van der Waals surface area contributed by atoms with Gasteiger partial charge in [-0.25, -0.2) is 19.2 Å². The van der Waals surface area contributed by atoms with Crippen molar-refractivity contribution in [2.24, 2.45) is 17.3 Å². The number of carbonyl (C=O) groups excluding carboxylic acids is 4. The zero-order chi connectivity index (χ0) is 70.2. The van der Waals surface area contributed by atoms with Crippen molar-refractivity contribution in [2.75, 3.05) is 52.9 Å². The molecule has 534 valence electrons. The third kappa shape index (κ3) is 24.5. The number of hydrogen-bond acceptors (Lipinski definition) is 28. The minimum Gasteiger partial charge on any atom is -0.463 e. The Labute approximate surface area is 541 Å². The van der Waals surface area contributed by atoms with Crippen molar-refractivity contribution in [1.29, 1.82) is 0 Å². The molecule has 0 aromatic rings. The first-order chi connectivity index (χ1) is 43.2. The molecular formula is C61H97F3O28Si. The van der Waals surface area contributed by atoms with Gasteiger partial charge in [0.05, 0.1) is 57.5 Å². The maximum absolute atomic E-state index is 13.3. The molecule has 4 heterocycles. The molecule has 4 saturated heterocycles. The van der Waals surface area contributed by atoms with Crippen LogP contribution in [0.5, 0.6) is 0 Å². The quantitative estimate of drug-likeness (QED) is 0.0132. The van der Waals surface area contributed by atoms with Crippen molar-refractivity contribution in [3.8, 4) is 23.8 Å². The third-order valence-corrected chi connectivity index (χ3v) is 15.5. The van der Waals surface area contributed by atoms with Gasteiger partial charge in [-0.3, -0.25) is 0 Å². The van der Waals surface area contributed by atoms with Crippen LogP contribution in [0.2, 0.25) is 19.6 Å². The molecule has 22 atom stereocenters. The van der Waals surface area contributed by atoms with Gasteiger partial charge in [-0.2, -0.15) is 13.2 Å². The number of carbonyl (C=O) groups is 4. The molecule has 1 aliphatic carbocycles. The highest BCUT2D eigenvalue weighted by Gasteiger charge is 2.58. The van der Waals surface area contributed by atoms with Crippen molar-refractivity contribution < 1.29 is 149 Å². The summed E-state index contributed by atoms with van der Waals surface area (Å²) in [5.41, 5.74) is 4.09. The normalized spacial score (nSPS) is 34.3. The van der Waals surface area contributed by atoms with Crippen LogP contribution in [0.1, 0.15) is 83.1 Å². The lowest BCUT2D eigenvalue weighted by molar-refractivity contribution is -0.317. The van der Waals surface area contributed by atoms with E-state index in [0.717, 1.165) is 5.57 Å². The fourth-order valence-electron chi connectivity index (χ4n) is 10.1. The monoisotopic (exact) mass is 1360 g/mol. The first-order valence-corrected chi connectivity index (χ1v) is 34.2. The van der Waals surface area contributed by atoms with Crippen LogP contribution in [-0.4, -0.2) is 279 Å². The largest absolute Gasteiger partial charge is 0.463 e. The van der Waals surface area contributed by atoms with Crippen molar-refractivity contribution >= 4 is 32.0 Å². The maximum Gasteiger partial charge on any atom is 0.422 e. The number of halogens is 3. The van der Waals surface area contributed by atoms with Gasteiger partial charge in [0.2, 0.25) is 0 Å². The van der Waals surface area contributed by atoms with Crippen LogP contribution in [-0.2, 0) is 95.0 Å². The van der Waals surface area contributed by atoms with E-state index >= 15 is 0 Å². The predicted molar refractivity (Wildman–Crippen MR) is 317 cm³/mol. The lowest BCUT2D eigenvalue weighted by Gasteiger charge is -2.42. The summed E-state index contributed by atoms with van der Waals surface area (Å²) in [6.45, 7) is 23.4. The van der Waals surface area contributed by atoms with E-state index in [1.165, 1.54) is 13.8 Å². The molecule has 5 rings (SSSR count). The average Bonchev–Trinajstić information content (AvgIpc) is 1.60. The van der Waals surface area contributed by atoms with Crippen LogP contribution < -0.4 is 0 Å². The Morgan fingerprint density at radius 2 is 0.860 bits per heavy atom. The van der Waals surface area contributed by atoms with E-state index in [0.29, 0.717) is 0 Å². The Kier molecular flexibility index (Phi) is 31.9. The van der Waals surface area contributed by atoms with E-state index in [2.05, 4.69) is 42.0 Å². The van der Waals surface area contributed by atoms with Crippen LogP contribution in [0.25, 0.3) is 0 Å². The molecule has 5 fully saturated rings. The number of ether oxygens (including phenoxy) is 16. The van der Waals surface area contributed by atoms with Gasteiger partial charge >= 0.3 is 30.1 Å². The second-order valence-electron chi connectivity index (χ2n) is 25.7. The molecule has 0 aromatic heterocycles. The number of terminal acetylenes is 1. The van der Waals surface area contributed by atoms with E-state index < -0.39 is 205 Å². The second kappa shape index (κ2) is 36.5. The van der Waals surface area contributed by atoms with Crippen LogP contribution in [0.3, 0.4) is 0 Å². The topological polar surface area (TPSA) is 378 Å². The number of aliphatic hydroxyl groups is 8. The fourth-order valence-corrected chi connectivity index (χ4v) is 10.7. The zero-order valence-electron chi connectivity index (χ0n) is 55.2. The van der Waals surface area contributed by atoms with Gasteiger partial charge in [-0.05, 0) is 80.6 Å². The minimum atomic E-state index is -4.83. The summed E-state index contributed by atoms with van der Waals surface area (Å²) in [4.78, 5) is 51.3. The van der Waals surface area contributed by atoms with Gasteiger partial charge in [0.25, 0.3) is 0 Å². The second-order valence-corrected chi connectivity index (χ2v) is 30.5. The number of alkyl halides is 3. The first-order valence-electron chi connectivity index (χ1n) is 30.7. The van der Waals surface area contributed by atoms with Gasteiger partial charge in [-0.1, -0.05) is 57.0 Å². The molecule has 0 aromatic carbocycles. The number of esters is 4. The van der Waals surface area contributed by atoms with Crippen molar-refractivity contribution in [3.05, 3.63) is 11.6 Å². The Hall–Kier alpha value is -4.05. The minimum absolute atomic E-state index is 0.0401. The Morgan fingerprint density at radius 1 is 0.516 bits per heavy atom. The average molecular weight is 1360 g/mol. The SMILES string of the molecule is C#CCOC(=O)C1O[C@@H](OCCO[C@@H]2C(C(=O)OCC#C[Si](C)(C)C)O[C@@H](OC(C)C)[C@@H](O)[C@H]2O)[C@@H](O)[C@@H](O)[C@@H]1OC(C)C.CC(C)=CC1C(COC(=O)C2O[C@@H](OC(C)C)[C@@H](O)[C@@H](O)[C@@H]2OCCO[C@@H]2OC(C(=O)OCC(F)(F)F)[C@@H](OC(C)C)[C@H](O)[C@@H]2O)C1(C)C. The Morgan fingerprint density at radius 3 is 1.24 bits per heavy atom. The van der Waals surface area contributed by atoms with Gasteiger partial charge in [0.1, 0.15) is 81.3 Å². The van der Waals surface area contributed by atoms with Crippen molar-refractivity contribution in [3.63, 3.8) is 0 Å². The summed E-state index contributed by atoms with van der Waals surface area (Å²) in [5, 5.41) is 85.6. The van der Waals surface area contributed by atoms with E-state index in [-0.39, 0.29) is 50.3 Å². The van der Waals surface area contributed by atoms with Gasteiger partial charge < -0.3 is 117 Å². The molecule has 28 nitrogen and oxygen atoms in total. The van der Waals surface area contributed by atoms with Gasteiger partial charge in [0.15, 0.2) is 69.4 Å². The summed E-state index contributed by atoms with van der Waals surface area (Å²) in [6.07, 6.45) is -31.0. The highest BCUT2D eigenvalue weighted by molar-refractivity contribution is 6.83. The molecule has 8 N–H and O–H groups in total. The third-order valence-electron chi connectivity index (χ3n) is 14.6. The fraction of sp³-hybridized carbons (Fsp3) is 0.836. The highest BCUT2D eigenvalue weighted by Crippen LogP contribution is 2.59. The number of aliphatic hydroxyl groups excluding tert-OH is 8. The standard InChI is InChI=1S/C32H51F3O14.C29H46O14Si/c1-14(2)11-17-18(31(17,7)8)12-44-27(40)25-23(19(36)22(39)30(49-25)47-16(5)6)42-9-10-43-29-21(38)20(37)24(46-15(3)4)26(48-29)28(41)45-13-32(33,34)35;1-9-11-37-27(35)25-23(40-16(2)3)19(31)20(32)28(42-25)39-14-13-36-22-18(30)21(33)29(41-17(4)5)43-24(22)26(34)38-12-10-15-44(6,7)8/h11,15-26,29-30,36-39H,9-10,12-13H2,1-8H3;1,16-25,28-33H,11-14H2,2-8H3/t17?,18?,19-,20-,21+,22+,23+,24+,25?,26?,29-,30-;18-,19-,20+,21+,22+,23+,24?,25?,28-,29-/m11/s1. The molecule has 5 aliphatic rings. The van der Waals surface area contributed by atoms with E-state index in [1.807, 2.05) is 33.5 Å². The molecule has 0 spiro atoms. The number of hydrogen-bond donors (Lipinski definition) is 8. The zero-order valence-corrected chi connectivity index (χ0v) is 56.2. The number of rotatable bonds is 28. The van der Waals surface area contributed by atoms with Gasteiger partial charge in [0, 0.05) is 5.92 Å². The van der Waals surface area contributed by atoms with Crippen molar-refractivity contribution in [1.82, 2.24) is 0 Å². The van der Waals surface area contributed by atoms with E-state index in [9.17, 15) is 73.2 Å². The molecular weight excluding hydrogens is 1270 g/mol. The summed E-state index contributed by atoms with van der Waals surface area (Å²) in [5.74, 6) is 1.02. The molecule has 0 radical (unpaired) electrons. The molecule has 0 bridgehead atoms. The molecule has 32 heteroatoms. The maximum atomic E-state index is 13.3. The van der Waals surface area contributed by atoms with Crippen LogP contribution in [0.4, 0.5) is 13.2 Å². The van der Waals surface area contributed by atoms with E-state index in [4.69, 9.17) is 77.5 Å². The van der Waals surface area contributed by atoms with E-state index in [1.54, 1.807) is 41.5 Å². The Bertz CT molecular complexity index is 2490. The molecule has 4 aliphatic heterocycles. The molecule has 1 saturated carbocycles. The predicted octanol–water partition coefficient (Wildman–Crippen LogP) is 0.488. The summed E-state index contributed by atoms with van der Waals surface area (Å²) in [7, 11) is -1.71. The smallest absolute Gasteiger partial charge is 0.422 e. The summed E-state index contributed by atoms with van der Waals surface area (Å²) in [6, 6.07) is 0. The van der Waals surface area contributed by atoms with Crippen LogP contribution in [0, 0.1) is 41.1 Å². The van der Waals surface area contributed by atoms with Crippen LogP contribution >= 0.6 is 0 Å². The van der Waals surface area contributed by atoms with Crippen molar-refractivity contribution in [2.45, 2.75) is 256 Å². The first kappa shape index (κ1) is 81.4. The molecule has 93 heavy (non-hydrogen) atoms. The van der Waals surface area contributed by atoms with Gasteiger partial charge in [-0.15, -0.1) is 12.0 Å². The summed E-state index contributed by atoms with van der Waals surface area (Å²) >= 11 is 0. The lowest BCUT2D eigenvalue weighted by Crippen LogP contribution is -2.62. The van der Waals surface area contributed by atoms with Crippen LogP contribution in [0.15, 0.2) is 11.6 Å². The Balaban J connectivity index is 0.000000399. The highest BCUT2D eigenvalue weighted by atomic mass is 28.3. The number of allylic oxidation sites excluding steroid dienone is 2. The summed E-state index contributed by atoms with van der Waals surface area (Å²) < 4.78 is 125.